The van der Waals surface area contributed by atoms with Crippen LogP contribution in [0.4, 0.5) is 4.79 Å². The molecule has 2 amide bonds. The van der Waals surface area contributed by atoms with Gasteiger partial charge in [-0.3, -0.25) is 0 Å². The summed E-state index contributed by atoms with van der Waals surface area (Å²) in [5.74, 6) is -0.556. The van der Waals surface area contributed by atoms with Crippen LogP contribution in [0.2, 0.25) is 10.0 Å². The highest BCUT2D eigenvalue weighted by atomic mass is 35.5. The summed E-state index contributed by atoms with van der Waals surface area (Å²) >= 11 is 12.6. The molecule has 1 aliphatic rings. The SMILES string of the molecule is CCOC(=O)C1=C(c2ccccc2)NC(=O)NC1c1c(Cl)cccc1Cl. The van der Waals surface area contributed by atoms with Crippen LogP contribution in [-0.4, -0.2) is 18.6 Å². The number of esters is 1. The highest BCUT2D eigenvalue weighted by Crippen LogP contribution is 2.38. The van der Waals surface area contributed by atoms with Crippen molar-refractivity contribution in [3.63, 3.8) is 0 Å². The van der Waals surface area contributed by atoms with Gasteiger partial charge in [0.05, 0.1) is 23.9 Å². The van der Waals surface area contributed by atoms with E-state index in [9.17, 15) is 9.59 Å². The number of carbonyl (C=O) groups excluding carboxylic acids is 2. The molecule has 26 heavy (non-hydrogen) atoms. The average molecular weight is 391 g/mol. The van der Waals surface area contributed by atoms with Crippen molar-refractivity contribution in [1.29, 1.82) is 0 Å². The molecule has 1 aliphatic heterocycles. The zero-order valence-corrected chi connectivity index (χ0v) is 15.4. The molecule has 1 unspecified atom stereocenters. The van der Waals surface area contributed by atoms with E-state index in [1.54, 1.807) is 37.3 Å². The summed E-state index contributed by atoms with van der Waals surface area (Å²) in [6.07, 6.45) is 0. The van der Waals surface area contributed by atoms with Crippen molar-refractivity contribution in [2.75, 3.05) is 6.61 Å². The van der Waals surface area contributed by atoms with Gasteiger partial charge in [-0.25, -0.2) is 9.59 Å². The van der Waals surface area contributed by atoms with Crippen molar-refractivity contribution in [3.8, 4) is 0 Å². The van der Waals surface area contributed by atoms with E-state index in [0.29, 0.717) is 26.9 Å². The molecule has 0 aliphatic carbocycles. The predicted octanol–water partition coefficient (Wildman–Crippen LogP) is 4.32. The molecular formula is C19H16Cl2N2O3. The summed E-state index contributed by atoms with van der Waals surface area (Å²) in [6, 6.07) is 12.8. The number of nitrogens with one attached hydrogen (secondary N) is 2. The molecule has 3 rings (SSSR count). The lowest BCUT2D eigenvalue weighted by molar-refractivity contribution is -0.138. The molecule has 1 heterocycles. The van der Waals surface area contributed by atoms with Crippen LogP contribution in [0.3, 0.4) is 0 Å². The van der Waals surface area contributed by atoms with Crippen LogP contribution in [0.1, 0.15) is 24.1 Å². The Balaban J connectivity index is 2.24. The third kappa shape index (κ3) is 3.54. The van der Waals surface area contributed by atoms with Crippen LogP contribution >= 0.6 is 23.2 Å². The van der Waals surface area contributed by atoms with E-state index in [2.05, 4.69) is 10.6 Å². The van der Waals surface area contributed by atoms with Gasteiger partial charge >= 0.3 is 12.0 Å². The van der Waals surface area contributed by atoms with Gasteiger partial charge in [-0.2, -0.15) is 0 Å². The second-order valence-corrected chi connectivity index (χ2v) is 6.36. The van der Waals surface area contributed by atoms with Crippen LogP contribution < -0.4 is 10.6 Å². The molecule has 2 N–H and O–H groups in total. The number of hydrogen-bond donors (Lipinski definition) is 2. The fourth-order valence-corrected chi connectivity index (χ4v) is 3.44. The first-order valence-corrected chi connectivity index (χ1v) is 8.76. The predicted molar refractivity (Wildman–Crippen MR) is 101 cm³/mol. The lowest BCUT2D eigenvalue weighted by Crippen LogP contribution is -2.45. The van der Waals surface area contributed by atoms with E-state index in [1.165, 1.54) is 0 Å². The maximum Gasteiger partial charge on any atom is 0.338 e. The van der Waals surface area contributed by atoms with Gasteiger partial charge in [0.2, 0.25) is 0 Å². The quantitative estimate of drug-likeness (QED) is 0.763. The van der Waals surface area contributed by atoms with Crippen LogP contribution in [0.15, 0.2) is 54.1 Å². The maximum absolute atomic E-state index is 12.7. The summed E-state index contributed by atoms with van der Waals surface area (Å²) in [5.41, 5.74) is 1.74. The Morgan fingerprint density at radius 2 is 1.73 bits per heavy atom. The zero-order valence-electron chi connectivity index (χ0n) is 13.9. The number of ether oxygens (including phenoxy) is 1. The highest BCUT2D eigenvalue weighted by Gasteiger charge is 2.36. The molecular weight excluding hydrogens is 375 g/mol. The number of hydrogen-bond acceptors (Lipinski definition) is 3. The number of benzene rings is 2. The molecule has 0 aromatic heterocycles. The Hall–Kier alpha value is -2.50. The minimum absolute atomic E-state index is 0.196. The first kappa shape index (κ1) is 18.3. The van der Waals surface area contributed by atoms with Crippen molar-refractivity contribution in [1.82, 2.24) is 10.6 Å². The van der Waals surface area contributed by atoms with E-state index < -0.39 is 18.0 Å². The minimum atomic E-state index is -0.834. The third-order valence-electron chi connectivity index (χ3n) is 3.92. The zero-order chi connectivity index (χ0) is 18.7. The van der Waals surface area contributed by atoms with Gasteiger partial charge in [0, 0.05) is 15.6 Å². The monoisotopic (exact) mass is 390 g/mol. The number of rotatable bonds is 4. The number of carbonyl (C=O) groups is 2. The van der Waals surface area contributed by atoms with Gasteiger partial charge in [-0.15, -0.1) is 0 Å². The molecule has 7 heteroatoms. The van der Waals surface area contributed by atoms with Crippen molar-refractivity contribution in [2.24, 2.45) is 0 Å². The third-order valence-corrected chi connectivity index (χ3v) is 4.58. The normalized spacial score (nSPS) is 16.7. The van der Waals surface area contributed by atoms with Gasteiger partial charge in [0.25, 0.3) is 0 Å². The summed E-state index contributed by atoms with van der Waals surface area (Å²) in [6.45, 7) is 1.91. The lowest BCUT2D eigenvalue weighted by Gasteiger charge is -2.30. The smallest absolute Gasteiger partial charge is 0.338 e. The van der Waals surface area contributed by atoms with Gasteiger partial charge < -0.3 is 15.4 Å². The van der Waals surface area contributed by atoms with Crippen LogP contribution in [0.25, 0.3) is 5.70 Å². The summed E-state index contributed by atoms with van der Waals surface area (Å²) < 4.78 is 5.23. The molecule has 0 radical (unpaired) electrons. The van der Waals surface area contributed by atoms with Gasteiger partial charge in [-0.1, -0.05) is 59.6 Å². The average Bonchev–Trinajstić information content (AvgIpc) is 2.62. The second-order valence-electron chi connectivity index (χ2n) is 5.54. The topological polar surface area (TPSA) is 67.4 Å². The molecule has 134 valence electrons. The number of amides is 2. The molecule has 2 aromatic rings. The van der Waals surface area contributed by atoms with Crippen LogP contribution in [-0.2, 0) is 9.53 Å². The molecule has 2 aromatic carbocycles. The largest absolute Gasteiger partial charge is 0.463 e. The Morgan fingerprint density at radius 1 is 1.08 bits per heavy atom. The van der Waals surface area contributed by atoms with Crippen molar-refractivity contribution in [3.05, 3.63) is 75.3 Å². The van der Waals surface area contributed by atoms with Gasteiger partial charge in [-0.05, 0) is 24.6 Å². The number of urea groups is 1. The molecule has 5 nitrogen and oxygen atoms in total. The van der Waals surface area contributed by atoms with Crippen LogP contribution in [0.5, 0.6) is 0 Å². The Labute approximate surface area is 160 Å². The van der Waals surface area contributed by atoms with Crippen LogP contribution in [0, 0.1) is 0 Å². The van der Waals surface area contributed by atoms with E-state index >= 15 is 0 Å². The Kier molecular flexibility index (Phi) is 5.49. The van der Waals surface area contributed by atoms with Crippen molar-refractivity contribution < 1.29 is 14.3 Å². The summed E-state index contributed by atoms with van der Waals surface area (Å²) in [5, 5.41) is 6.12. The fraction of sp³-hybridized carbons (Fsp3) is 0.158. The molecule has 0 fully saturated rings. The first-order valence-electron chi connectivity index (χ1n) is 8.01. The molecule has 0 spiro atoms. The van der Waals surface area contributed by atoms with Gasteiger partial charge in [0.1, 0.15) is 0 Å². The summed E-state index contributed by atoms with van der Waals surface area (Å²) in [7, 11) is 0. The number of halogens is 2. The van der Waals surface area contributed by atoms with Gasteiger partial charge in [0.15, 0.2) is 0 Å². The van der Waals surface area contributed by atoms with E-state index in [0.717, 1.165) is 0 Å². The van der Waals surface area contributed by atoms with Crippen molar-refractivity contribution in [2.45, 2.75) is 13.0 Å². The second kappa shape index (κ2) is 7.81. The molecule has 0 bridgehead atoms. The molecule has 0 saturated carbocycles. The van der Waals surface area contributed by atoms with Crippen molar-refractivity contribution >= 4 is 40.9 Å². The van der Waals surface area contributed by atoms with E-state index in [1.807, 2.05) is 18.2 Å². The first-order chi connectivity index (χ1) is 12.5. The molecule has 0 saturated heterocycles. The summed E-state index contributed by atoms with van der Waals surface area (Å²) in [4.78, 5) is 25.0. The van der Waals surface area contributed by atoms with E-state index in [-0.39, 0.29) is 12.2 Å². The fourth-order valence-electron chi connectivity index (χ4n) is 2.83. The minimum Gasteiger partial charge on any atom is -0.463 e. The maximum atomic E-state index is 12.7. The Morgan fingerprint density at radius 3 is 2.35 bits per heavy atom. The highest BCUT2D eigenvalue weighted by molar-refractivity contribution is 6.36. The molecule has 1 atom stereocenters. The lowest BCUT2D eigenvalue weighted by atomic mass is 9.92. The standard InChI is InChI=1S/C19H16Cl2N2O3/c1-2-26-18(24)15-16(11-7-4-3-5-8-11)22-19(25)23-17(15)14-12(20)9-6-10-13(14)21/h3-10,17H,2H2,1H3,(H2,22,23,25). The Bertz CT molecular complexity index is 861. The van der Waals surface area contributed by atoms with E-state index in [4.69, 9.17) is 27.9 Å².